The highest BCUT2D eigenvalue weighted by Gasteiger charge is 2.28. The Bertz CT molecular complexity index is 3030. The molecule has 66 heavy (non-hydrogen) atoms. The lowest BCUT2D eigenvalue weighted by molar-refractivity contribution is -0.141. The van der Waals surface area contributed by atoms with Crippen LogP contribution in [-0.4, -0.2) is 81.8 Å². The number of halogens is 1. The van der Waals surface area contributed by atoms with E-state index in [0.29, 0.717) is 70.3 Å². The van der Waals surface area contributed by atoms with E-state index in [1.165, 1.54) is 34.8 Å². The van der Waals surface area contributed by atoms with Crippen molar-refractivity contribution in [1.82, 2.24) is 20.2 Å². The van der Waals surface area contributed by atoms with Gasteiger partial charge in [0.15, 0.2) is 0 Å². The van der Waals surface area contributed by atoms with E-state index in [9.17, 15) is 28.7 Å². The van der Waals surface area contributed by atoms with Crippen molar-refractivity contribution < 1.29 is 33.0 Å². The second-order valence-corrected chi connectivity index (χ2v) is 18.6. The van der Waals surface area contributed by atoms with Gasteiger partial charge in [-0.2, -0.15) is 0 Å². The van der Waals surface area contributed by atoms with Gasteiger partial charge in [0.25, 0.3) is 0 Å². The second-order valence-electron chi connectivity index (χ2n) is 16.6. The number of nitrogens with zero attached hydrogens (tertiary/aromatic N) is 4. The molecule has 4 aromatic heterocycles. The summed E-state index contributed by atoms with van der Waals surface area (Å²) in [6.07, 6.45) is 1.41. The van der Waals surface area contributed by atoms with Gasteiger partial charge in [-0.15, -0.1) is 22.7 Å². The predicted molar refractivity (Wildman–Crippen MR) is 261 cm³/mol. The average molecular weight is 934 g/mol. The minimum atomic E-state index is -0.768. The molecule has 2 unspecified atom stereocenters. The summed E-state index contributed by atoms with van der Waals surface area (Å²) in [5.41, 5.74) is 3.23. The Kier molecular flexibility index (Phi) is 15.4. The Balaban J connectivity index is 0.000000149. The van der Waals surface area contributed by atoms with Crippen LogP contribution in [0.15, 0.2) is 115 Å². The molecular formula is C50H52FN5O8S2. The molecule has 6 heterocycles. The van der Waals surface area contributed by atoms with Gasteiger partial charge in [0.2, 0.25) is 0 Å². The monoisotopic (exact) mass is 933 g/mol. The van der Waals surface area contributed by atoms with Crippen LogP contribution in [0.5, 0.6) is 0 Å². The zero-order valence-corrected chi connectivity index (χ0v) is 39.0. The number of nitrogens with one attached hydrogen (secondary N) is 1. The van der Waals surface area contributed by atoms with Crippen LogP contribution in [0.3, 0.4) is 0 Å². The van der Waals surface area contributed by atoms with E-state index in [4.69, 9.17) is 13.9 Å². The summed E-state index contributed by atoms with van der Waals surface area (Å²) in [7, 11) is 0. The summed E-state index contributed by atoms with van der Waals surface area (Å²) in [6.45, 7) is 15.0. The largest absolute Gasteiger partial charge is 0.481 e. The summed E-state index contributed by atoms with van der Waals surface area (Å²) in [5.74, 6) is -2.36. The Morgan fingerprint density at radius 1 is 0.758 bits per heavy atom. The van der Waals surface area contributed by atoms with Crippen molar-refractivity contribution in [3.8, 4) is 21.1 Å². The molecule has 3 N–H and O–H groups in total. The molecule has 0 radical (unpaired) electrons. The van der Waals surface area contributed by atoms with Crippen molar-refractivity contribution in [2.75, 3.05) is 37.6 Å². The van der Waals surface area contributed by atoms with Gasteiger partial charge in [-0.1, -0.05) is 31.2 Å². The molecule has 0 saturated carbocycles. The highest BCUT2D eigenvalue weighted by molar-refractivity contribution is 7.22. The number of para-hydroxylation sites is 2. The third-order valence-electron chi connectivity index (χ3n) is 11.5. The van der Waals surface area contributed by atoms with Crippen molar-refractivity contribution in [2.45, 2.75) is 59.5 Å². The molecule has 13 nitrogen and oxygen atoms in total. The van der Waals surface area contributed by atoms with E-state index in [0.717, 1.165) is 51.0 Å². The number of fused-ring (bicyclic) bond motifs is 4. The number of carboxylic acids is 2. The summed E-state index contributed by atoms with van der Waals surface area (Å²) in [5, 5.41) is 23.3. The lowest BCUT2D eigenvalue weighted by Gasteiger charge is -2.28. The maximum Gasteiger partial charge on any atom is 0.346 e. The lowest BCUT2D eigenvalue weighted by atomic mass is 10.1. The molecule has 2 aliphatic rings. The fourth-order valence-electron chi connectivity index (χ4n) is 8.04. The molecule has 0 bridgehead atoms. The van der Waals surface area contributed by atoms with E-state index >= 15 is 0 Å². The molecule has 0 amide bonds. The first-order valence-corrected chi connectivity index (χ1v) is 23.5. The Morgan fingerprint density at radius 2 is 1.29 bits per heavy atom. The van der Waals surface area contributed by atoms with Crippen LogP contribution in [0.25, 0.3) is 63.5 Å². The third-order valence-corrected chi connectivity index (χ3v) is 13.6. The maximum absolute atomic E-state index is 13.2. The van der Waals surface area contributed by atoms with Crippen molar-refractivity contribution >= 4 is 82.7 Å². The summed E-state index contributed by atoms with van der Waals surface area (Å²) >= 11 is 2.90. The van der Waals surface area contributed by atoms with Crippen LogP contribution in [-0.2, 0) is 9.59 Å². The van der Waals surface area contributed by atoms with Crippen molar-refractivity contribution in [1.29, 1.82) is 0 Å². The van der Waals surface area contributed by atoms with Gasteiger partial charge in [0.05, 0.1) is 43.4 Å². The number of carbonyl (C=O) groups is 2. The fourth-order valence-corrected chi connectivity index (χ4v) is 9.98. The number of aliphatic carboxylic acids is 2. The van der Waals surface area contributed by atoms with Crippen molar-refractivity contribution in [3.05, 3.63) is 124 Å². The fraction of sp³-hybridized carbons (Fsp3) is 0.320. The van der Waals surface area contributed by atoms with Gasteiger partial charge >= 0.3 is 23.2 Å². The number of carboxylic acid groups (broad SMARTS) is 2. The molecule has 10 rings (SSSR count). The molecular weight excluding hydrogens is 882 g/mol. The summed E-state index contributed by atoms with van der Waals surface area (Å²) in [6, 6.07) is 30.1. The van der Waals surface area contributed by atoms with Gasteiger partial charge in [-0.3, -0.25) is 14.5 Å². The molecule has 2 atom stereocenters. The predicted octanol–water partition coefficient (Wildman–Crippen LogP) is 9.99. The van der Waals surface area contributed by atoms with E-state index in [1.807, 2.05) is 77.7 Å². The number of benzene rings is 4. The number of rotatable bonds is 8. The highest BCUT2D eigenvalue weighted by atomic mass is 32.1. The molecule has 4 aromatic carbocycles. The SMILES string of the molecule is CCN(C(C)C)C(C)C.O=C(O)C1CCN(c2ccc3cc(-c4nc5ccccc5s4)c(=O)oc3c2)C1.O=C(O)C1CCNC1.O=c1oc2cc(F)ccc2cc1-c1nc2ccccc2s1. The first kappa shape index (κ1) is 47.6. The Labute approximate surface area is 388 Å². The minimum Gasteiger partial charge on any atom is -0.481 e. The minimum absolute atomic E-state index is 0.130. The van der Waals surface area contributed by atoms with Crippen molar-refractivity contribution in [3.63, 3.8) is 0 Å². The van der Waals surface area contributed by atoms with Crippen LogP contribution < -0.4 is 21.5 Å². The zero-order chi connectivity index (χ0) is 47.1. The van der Waals surface area contributed by atoms with Gasteiger partial charge in [-0.25, -0.2) is 23.9 Å². The molecule has 2 aliphatic heterocycles. The molecule has 0 spiro atoms. The maximum atomic E-state index is 13.2. The smallest absolute Gasteiger partial charge is 0.346 e. The molecule has 0 aliphatic carbocycles. The number of aromatic nitrogens is 2. The average Bonchev–Trinajstić information content (AvgIpc) is 4.13. The number of hydrogen-bond acceptors (Lipinski definition) is 13. The standard InChI is InChI=1S/C21H16N2O4S.C16H8FNO2S.C8H19N.C5H9NO2/c24-20(25)13-7-8-23(11-13)14-6-5-12-9-15(21(26)27-17(12)10-14)19-22-16-3-1-2-4-18(16)28-19;17-10-6-5-9-7-11(16(19)20-13(9)8-10)15-18-12-3-1-2-4-14(12)21-15;1-6-9(7(2)3)8(4)5;7-5(8)4-1-2-6-3-4/h1-6,9-10,13H,7-8,11H2,(H,24,25);1-8H;7-8H,6H2,1-5H3;4,6H,1-3H2,(H,7,8). The molecule has 344 valence electrons. The van der Waals surface area contributed by atoms with Crippen LogP contribution >= 0.6 is 22.7 Å². The topological polar surface area (TPSA) is 179 Å². The quantitative estimate of drug-likeness (QED) is 0.123. The molecule has 8 aromatic rings. The van der Waals surface area contributed by atoms with E-state index in [1.54, 1.807) is 12.1 Å². The molecule has 16 heteroatoms. The summed E-state index contributed by atoms with van der Waals surface area (Å²) in [4.78, 5) is 59.5. The third kappa shape index (κ3) is 11.4. The van der Waals surface area contributed by atoms with Gasteiger partial charge in [0, 0.05) is 60.3 Å². The first-order valence-electron chi connectivity index (χ1n) is 21.9. The van der Waals surface area contributed by atoms with Gasteiger partial charge in [0.1, 0.15) is 27.0 Å². The Hall–Kier alpha value is -6.33. The van der Waals surface area contributed by atoms with Crippen LogP contribution in [0, 0.1) is 17.7 Å². The Morgan fingerprint density at radius 3 is 1.73 bits per heavy atom. The number of anilines is 1. The zero-order valence-electron chi connectivity index (χ0n) is 37.3. The van der Waals surface area contributed by atoms with Gasteiger partial charge in [-0.05, 0) is 114 Å². The van der Waals surface area contributed by atoms with E-state index < -0.39 is 29.0 Å². The number of hydrogen-bond donors (Lipinski definition) is 3. The lowest BCUT2D eigenvalue weighted by Crippen LogP contribution is -2.36. The number of thiazole rings is 2. The van der Waals surface area contributed by atoms with Crippen LogP contribution in [0.4, 0.5) is 10.1 Å². The van der Waals surface area contributed by atoms with Crippen LogP contribution in [0.1, 0.15) is 47.5 Å². The summed E-state index contributed by atoms with van der Waals surface area (Å²) < 4.78 is 26.0. The molecule has 2 fully saturated rings. The molecule has 2 saturated heterocycles. The van der Waals surface area contributed by atoms with Gasteiger partial charge < -0.3 is 29.3 Å². The van der Waals surface area contributed by atoms with E-state index in [-0.39, 0.29) is 17.4 Å². The highest BCUT2D eigenvalue weighted by Crippen LogP contribution is 2.33. The van der Waals surface area contributed by atoms with E-state index in [2.05, 4.69) is 54.8 Å². The van der Waals surface area contributed by atoms with Crippen LogP contribution in [0.2, 0.25) is 0 Å². The second kappa shape index (κ2) is 21.3. The first-order chi connectivity index (χ1) is 31.7. The normalized spacial score (nSPS) is 15.8. The van der Waals surface area contributed by atoms with Crippen molar-refractivity contribution in [2.24, 2.45) is 11.8 Å².